The third-order valence-electron chi connectivity index (χ3n) is 5.37. The van der Waals surface area contributed by atoms with Gasteiger partial charge in [0.05, 0.1) is 26.9 Å². The summed E-state index contributed by atoms with van der Waals surface area (Å²) in [4.78, 5) is 0. The molecule has 1 fully saturated rings. The van der Waals surface area contributed by atoms with E-state index in [-0.39, 0.29) is 31.3 Å². The van der Waals surface area contributed by atoms with Crippen LogP contribution in [0, 0.1) is 11.8 Å². The third kappa shape index (κ3) is 3.42. The predicted octanol–water partition coefficient (Wildman–Crippen LogP) is 2.97. The van der Waals surface area contributed by atoms with Crippen molar-refractivity contribution in [3.05, 3.63) is 47.5 Å². The number of hydrogen-bond donors (Lipinski definition) is 1. The number of rotatable bonds is 6. The van der Waals surface area contributed by atoms with Gasteiger partial charge >= 0.3 is 0 Å². The Kier molecular flexibility index (Phi) is 5.09. The van der Waals surface area contributed by atoms with Crippen LogP contribution in [0.2, 0.25) is 0 Å². The lowest BCUT2D eigenvalue weighted by Crippen LogP contribution is -2.21. The molecule has 144 valence electrons. The zero-order valence-corrected chi connectivity index (χ0v) is 15.5. The van der Waals surface area contributed by atoms with Gasteiger partial charge in [-0.2, -0.15) is 0 Å². The van der Waals surface area contributed by atoms with Crippen LogP contribution >= 0.6 is 0 Å². The second kappa shape index (κ2) is 7.66. The van der Waals surface area contributed by atoms with Crippen LogP contribution in [-0.4, -0.2) is 39.3 Å². The van der Waals surface area contributed by atoms with E-state index in [1.807, 2.05) is 36.4 Å². The number of aliphatic hydroxyl groups excluding tert-OH is 1. The van der Waals surface area contributed by atoms with Crippen LogP contribution in [-0.2, 0) is 11.2 Å². The van der Waals surface area contributed by atoms with Crippen molar-refractivity contribution >= 4 is 0 Å². The first-order valence-electron chi connectivity index (χ1n) is 9.06. The fourth-order valence-corrected chi connectivity index (χ4v) is 3.92. The van der Waals surface area contributed by atoms with Crippen molar-refractivity contribution in [2.45, 2.75) is 12.5 Å². The molecule has 0 aliphatic carbocycles. The molecule has 4 rings (SSSR count). The molecule has 2 aromatic carbocycles. The summed E-state index contributed by atoms with van der Waals surface area (Å²) in [6.07, 6.45) is 0.641. The van der Waals surface area contributed by atoms with E-state index in [9.17, 15) is 5.11 Å². The quantitative estimate of drug-likeness (QED) is 0.841. The predicted molar refractivity (Wildman–Crippen MR) is 98.6 cm³/mol. The van der Waals surface area contributed by atoms with Gasteiger partial charge in [0.2, 0.25) is 6.79 Å². The van der Waals surface area contributed by atoms with E-state index in [0.29, 0.717) is 18.1 Å². The third-order valence-corrected chi connectivity index (χ3v) is 5.37. The lowest BCUT2D eigenvalue weighted by Gasteiger charge is -2.21. The maximum absolute atomic E-state index is 10.0. The van der Waals surface area contributed by atoms with Gasteiger partial charge in [-0.15, -0.1) is 0 Å². The molecule has 1 N–H and O–H groups in total. The Balaban J connectivity index is 1.52. The molecule has 2 aliphatic rings. The molecular weight excluding hydrogens is 348 g/mol. The van der Waals surface area contributed by atoms with Crippen molar-refractivity contribution in [2.75, 3.05) is 34.2 Å². The number of fused-ring (bicyclic) bond motifs is 1. The summed E-state index contributed by atoms with van der Waals surface area (Å²) in [6.45, 7) is 0.908. The highest BCUT2D eigenvalue weighted by Gasteiger charge is 2.38. The molecule has 3 atom stereocenters. The van der Waals surface area contributed by atoms with E-state index in [4.69, 9.17) is 23.7 Å². The average molecular weight is 372 g/mol. The highest BCUT2D eigenvalue weighted by molar-refractivity contribution is 5.45. The summed E-state index contributed by atoms with van der Waals surface area (Å²) in [5.41, 5.74) is 2.14. The van der Waals surface area contributed by atoms with E-state index >= 15 is 0 Å². The molecule has 0 unspecified atom stereocenters. The van der Waals surface area contributed by atoms with Gasteiger partial charge in [-0.1, -0.05) is 12.1 Å². The molecule has 1 saturated heterocycles. The summed E-state index contributed by atoms with van der Waals surface area (Å²) >= 11 is 0. The molecule has 6 nitrogen and oxygen atoms in total. The van der Waals surface area contributed by atoms with Crippen LogP contribution in [0.3, 0.4) is 0 Å². The zero-order chi connectivity index (χ0) is 18.8. The second-order valence-corrected chi connectivity index (χ2v) is 6.87. The first-order chi connectivity index (χ1) is 13.2. The molecule has 0 bridgehead atoms. The zero-order valence-electron chi connectivity index (χ0n) is 15.5. The Hall–Kier alpha value is -2.44. The van der Waals surface area contributed by atoms with Crippen LogP contribution in [0.1, 0.15) is 17.2 Å². The normalized spacial score (nSPS) is 23.4. The summed E-state index contributed by atoms with van der Waals surface area (Å²) in [5, 5.41) is 10.0. The van der Waals surface area contributed by atoms with Crippen LogP contribution in [0.4, 0.5) is 0 Å². The number of methoxy groups -OCH3 is 2. The molecule has 2 aromatic rings. The van der Waals surface area contributed by atoms with E-state index < -0.39 is 0 Å². The first kappa shape index (κ1) is 17.9. The molecule has 0 amide bonds. The molecule has 0 aromatic heterocycles. The highest BCUT2D eigenvalue weighted by atomic mass is 16.7. The highest BCUT2D eigenvalue weighted by Crippen LogP contribution is 2.43. The Bertz CT molecular complexity index is 805. The fraction of sp³-hybridized carbons (Fsp3) is 0.429. The lowest BCUT2D eigenvalue weighted by molar-refractivity contribution is 0.0717. The van der Waals surface area contributed by atoms with Gasteiger partial charge < -0.3 is 28.8 Å². The van der Waals surface area contributed by atoms with E-state index in [2.05, 4.69) is 0 Å². The molecule has 2 aliphatic heterocycles. The molecule has 27 heavy (non-hydrogen) atoms. The smallest absolute Gasteiger partial charge is 0.231 e. The van der Waals surface area contributed by atoms with Crippen LogP contribution < -0.4 is 18.9 Å². The summed E-state index contributed by atoms with van der Waals surface area (Å²) < 4.78 is 27.6. The number of benzene rings is 2. The number of aliphatic hydroxyl groups is 1. The summed E-state index contributed by atoms with van der Waals surface area (Å²) in [6, 6.07) is 11.8. The standard InChI is InChI=1S/C21H24O6/c1-23-17-5-3-13(8-19(17)24-2)7-15-11-25-21(16(15)10-22)14-4-6-18-20(9-14)27-12-26-18/h3-6,8-9,15-16,21-22H,7,10-12H2,1-2H3/t15-,16+,21-/m1/s1. The van der Waals surface area contributed by atoms with E-state index in [1.54, 1.807) is 14.2 Å². The average Bonchev–Trinajstić information content (AvgIpc) is 3.33. The van der Waals surface area contributed by atoms with Gasteiger partial charge in [0, 0.05) is 12.5 Å². The topological polar surface area (TPSA) is 66.4 Å². The Morgan fingerprint density at radius 3 is 2.59 bits per heavy atom. The van der Waals surface area contributed by atoms with Crippen molar-refractivity contribution in [1.82, 2.24) is 0 Å². The van der Waals surface area contributed by atoms with Crippen molar-refractivity contribution in [2.24, 2.45) is 11.8 Å². The maximum Gasteiger partial charge on any atom is 0.231 e. The van der Waals surface area contributed by atoms with Gasteiger partial charge in [0.25, 0.3) is 0 Å². The van der Waals surface area contributed by atoms with E-state index in [0.717, 1.165) is 29.0 Å². The summed E-state index contributed by atoms with van der Waals surface area (Å²) in [5.74, 6) is 3.12. The molecular formula is C21H24O6. The number of hydrogen-bond acceptors (Lipinski definition) is 6. The van der Waals surface area contributed by atoms with Gasteiger partial charge in [0.1, 0.15) is 0 Å². The van der Waals surface area contributed by atoms with Crippen molar-refractivity contribution in [1.29, 1.82) is 0 Å². The number of ether oxygens (including phenoxy) is 5. The van der Waals surface area contributed by atoms with Crippen LogP contribution in [0.15, 0.2) is 36.4 Å². The molecule has 0 saturated carbocycles. The SMILES string of the molecule is COc1ccc(C[C@@H]2CO[C@H](c3ccc4c(c3)OCO4)[C@H]2CO)cc1OC. The Morgan fingerprint density at radius 2 is 1.81 bits per heavy atom. The second-order valence-electron chi connectivity index (χ2n) is 6.87. The van der Waals surface area contributed by atoms with Crippen molar-refractivity contribution in [3.63, 3.8) is 0 Å². The molecule has 0 radical (unpaired) electrons. The van der Waals surface area contributed by atoms with Gasteiger partial charge in [0.15, 0.2) is 23.0 Å². The maximum atomic E-state index is 10.0. The monoisotopic (exact) mass is 372 g/mol. The fourth-order valence-electron chi connectivity index (χ4n) is 3.92. The van der Waals surface area contributed by atoms with Crippen molar-refractivity contribution < 1.29 is 28.8 Å². The molecule has 0 spiro atoms. The lowest BCUT2D eigenvalue weighted by atomic mass is 9.84. The summed E-state index contributed by atoms with van der Waals surface area (Å²) in [7, 11) is 3.26. The van der Waals surface area contributed by atoms with Crippen molar-refractivity contribution in [3.8, 4) is 23.0 Å². The molecule has 6 heteroatoms. The minimum Gasteiger partial charge on any atom is -0.493 e. The van der Waals surface area contributed by atoms with Crippen LogP contribution in [0.5, 0.6) is 23.0 Å². The Labute approximate surface area is 158 Å². The largest absolute Gasteiger partial charge is 0.493 e. The Morgan fingerprint density at radius 1 is 1.00 bits per heavy atom. The minimum absolute atomic E-state index is 0.0125. The van der Waals surface area contributed by atoms with Gasteiger partial charge in [-0.25, -0.2) is 0 Å². The minimum atomic E-state index is -0.158. The van der Waals surface area contributed by atoms with Gasteiger partial charge in [-0.05, 0) is 47.7 Å². The van der Waals surface area contributed by atoms with E-state index in [1.165, 1.54) is 0 Å². The molecule has 2 heterocycles. The first-order valence-corrected chi connectivity index (χ1v) is 9.06. The van der Waals surface area contributed by atoms with Crippen LogP contribution in [0.25, 0.3) is 0 Å². The van der Waals surface area contributed by atoms with Gasteiger partial charge in [-0.3, -0.25) is 0 Å².